The van der Waals surface area contributed by atoms with Crippen LogP contribution in [-0.2, 0) is 4.74 Å². The summed E-state index contributed by atoms with van der Waals surface area (Å²) in [6.07, 6.45) is 2.04. The number of rotatable bonds is 2. The normalized spacial score (nSPS) is 19.1. The van der Waals surface area contributed by atoms with E-state index in [1.807, 2.05) is 6.92 Å². The highest BCUT2D eigenvalue weighted by atomic mass is 32.1. The standard InChI is InChI=1S/C11H12N6OS2/c1-5-7(19-10(12)13-5)9-16-17-8(6-3-2-4-18-6)14-15-11(17)20-9/h6H,2-4H2,1H3,(H2,12,13). The number of nitrogens with zero attached hydrogens (tertiary/aromatic N) is 5. The van der Waals surface area contributed by atoms with Gasteiger partial charge >= 0.3 is 0 Å². The molecule has 0 aliphatic carbocycles. The van der Waals surface area contributed by atoms with Crippen LogP contribution < -0.4 is 5.73 Å². The first-order chi connectivity index (χ1) is 9.72. The monoisotopic (exact) mass is 308 g/mol. The van der Waals surface area contributed by atoms with Gasteiger partial charge in [0.25, 0.3) is 0 Å². The molecule has 9 heteroatoms. The Morgan fingerprint density at radius 1 is 1.35 bits per heavy atom. The van der Waals surface area contributed by atoms with Crippen LogP contribution in [0.5, 0.6) is 0 Å². The van der Waals surface area contributed by atoms with Gasteiger partial charge in [-0.25, -0.2) is 4.98 Å². The number of hydrogen-bond donors (Lipinski definition) is 1. The summed E-state index contributed by atoms with van der Waals surface area (Å²) in [4.78, 5) is 6.01. The summed E-state index contributed by atoms with van der Waals surface area (Å²) in [6, 6.07) is 0. The molecule has 20 heavy (non-hydrogen) atoms. The number of nitrogens with two attached hydrogens (primary N) is 1. The molecule has 104 valence electrons. The van der Waals surface area contributed by atoms with Crippen LogP contribution in [0.3, 0.4) is 0 Å². The van der Waals surface area contributed by atoms with Gasteiger partial charge in [0.05, 0.1) is 10.6 Å². The Bertz CT molecular complexity index is 769. The fourth-order valence-electron chi connectivity index (χ4n) is 2.32. The number of thiazole rings is 1. The van der Waals surface area contributed by atoms with E-state index < -0.39 is 0 Å². The molecule has 1 unspecified atom stereocenters. The molecule has 1 saturated heterocycles. The van der Waals surface area contributed by atoms with Crippen LogP contribution in [0.2, 0.25) is 0 Å². The molecule has 0 amide bonds. The van der Waals surface area contributed by atoms with Crippen molar-refractivity contribution in [3.05, 3.63) is 11.5 Å². The number of ether oxygens (including phenoxy) is 1. The lowest BCUT2D eigenvalue weighted by molar-refractivity contribution is 0.103. The molecule has 4 rings (SSSR count). The minimum absolute atomic E-state index is 0.00702. The van der Waals surface area contributed by atoms with Crippen LogP contribution in [0.1, 0.15) is 30.5 Å². The van der Waals surface area contributed by atoms with Crippen LogP contribution in [0.15, 0.2) is 0 Å². The summed E-state index contributed by atoms with van der Waals surface area (Å²) in [7, 11) is 0. The molecule has 7 nitrogen and oxygen atoms in total. The van der Waals surface area contributed by atoms with Crippen LogP contribution in [-0.4, -0.2) is 31.4 Å². The average Bonchev–Trinajstić information content (AvgIpc) is 3.11. The predicted molar refractivity (Wildman–Crippen MR) is 76.8 cm³/mol. The van der Waals surface area contributed by atoms with E-state index in [1.54, 1.807) is 4.52 Å². The molecule has 1 aliphatic heterocycles. The first-order valence-corrected chi connectivity index (χ1v) is 7.92. The molecular weight excluding hydrogens is 296 g/mol. The second-order valence-corrected chi connectivity index (χ2v) is 6.61. The van der Waals surface area contributed by atoms with Crippen molar-refractivity contribution < 1.29 is 4.74 Å². The molecule has 4 heterocycles. The lowest BCUT2D eigenvalue weighted by atomic mass is 10.2. The van der Waals surface area contributed by atoms with Gasteiger partial charge in [0.1, 0.15) is 6.10 Å². The molecule has 1 aliphatic rings. The van der Waals surface area contributed by atoms with E-state index >= 15 is 0 Å². The number of aryl methyl sites for hydroxylation is 1. The number of aromatic nitrogens is 5. The summed E-state index contributed by atoms with van der Waals surface area (Å²) < 4.78 is 7.44. The Balaban J connectivity index is 1.81. The van der Waals surface area contributed by atoms with E-state index in [4.69, 9.17) is 10.5 Å². The minimum Gasteiger partial charge on any atom is -0.375 e. The highest BCUT2D eigenvalue weighted by Crippen LogP contribution is 2.35. The van der Waals surface area contributed by atoms with Gasteiger partial charge in [-0.3, -0.25) is 0 Å². The minimum atomic E-state index is 0.00702. The fraction of sp³-hybridized carbons (Fsp3) is 0.455. The zero-order valence-electron chi connectivity index (χ0n) is 10.7. The van der Waals surface area contributed by atoms with E-state index in [9.17, 15) is 0 Å². The van der Waals surface area contributed by atoms with E-state index in [2.05, 4.69) is 20.3 Å². The number of nitrogen functional groups attached to an aromatic ring is 1. The lowest BCUT2D eigenvalue weighted by Gasteiger charge is -2.03. The average molecular weight is 308 g/mol. The second-order valence-electron chi connectivity index (χ2n) is 4.63. The Labute approximate surface area is 122 Å². The van der Waals surface area contributed by atoms with Crippen molar-refractivity contribution in [2.24, 2.45) is 0 Å². The molecule has 1 fully saturated rings. The summed E-state index contributed by atoms with van der Waals surface area (Å²) in [5, 5.41) is 14.4. The molecule has 0 bridgehead atoms. The SMILES string of the molecule is Cc1nc(N)sc1-c1nn2c(C3CCCO3)nnc2s1. The van der Waals surface area contributed by atoms with Gasteiger partial charge in [-0.05, 0) is 19.8 Å². The van der Waals surface area contributed by atoms with Crippen LogP contribution in [0.25, 0.3) is 14.8 Å². The van der Waals surface area contributed by atoms with Crippen molar-refractivity contribution in [1.29, 1.82) is 0 Å². The van der Waals surface area contributed by atoms with E-state index in [0.29, 0.717) is 5.13 Å². The van der Waals surface area contributed by atoms with Gasteiger partial charge in [-0.1, -0.05) is 22.7 Å². The third-order valence-electron chi connectivity index (χ3n) is 3.24. The molecule has 2 N–H and O–H groups in total. The fourth-order valence-corrected chi connectivity index (χ4v) is 4.12. The summed E-state index contributed by atoms with van der Waals surface area (Å²) in [6.45, 7) is 2.71. The van der Waals surface area contributed by atoms with Crippen molar-refractivity contribution in [1.82, 2.24) is 24.8 Å². The first kappa shape index (κ1) is 12.2. The lowest BCUT2D eigenvalue weighted by Crippen LogP contribution is -2.03. The van der Waals surface area contributed by atoms with Gasteiger partial charge in [-0.2, -0.15) is 9.61 Å². The zero-order valence-corrected chi connectivity index (χ0v) is 12.4. The Kier molecular flexibility index (Phi) is 2.72. The number of fused-ring (bicyclic) bond motifs is 1. The van der Waals surface area contributed by atoms with Crippen molar-refractivity contribution in [2.45, 2.75) is 25.9 Å². The number of anilines is 1. The van der Waals surface area contributed by atoms with Gasteiger partial charge in [0, 0.05) is 6.61 Å². The topological polar surface area (TPSA) is 91.2 Å². The molecule has 0 radical (unpaired) electrons. The molecular formula is C11H12N6OS2. The van der Waals surface area contributed by atoms with Crippen molar-refractivity contribution in [3.8, 4) is 9.88 Å². The zero-order chi connectivity index (χ0) is 13.7. The molecule has 0 spiro atoms. The highest BCUT2D eigenvalue weighted by Gasteiger charge is 2.25. The maximum Gasteiger partial charge on any atom is 0.235 e. The maximum atomic E-state index is 5.75. The smallest absolute Gasteiger partial charge is 0.235 e. The Morgan fingerprint density at radius 2 is 2.25 bits per heavy atom. The molecule has 3 aromatic heterocycles. The van der Waals surface area contributed by atoms with E-state index in [-0.39, 0.29) is 6.10 Å². The largest absolute Gasteiger partial charge is 0.375 e. The first-order valence-electron chi connectivity index (χ1n) is 6.29. The van der Waals surface area contributed by atoms with Crippen molar-refractivity contribution >= 4 is 32.8 Å². The highest BCUT2D eigenvalue weighted by molar-refractivity contribution is 7.25. The van der Waals surface area contributed by atoms with Crippen LogP contribution in [0, 0.1) is 6.92 Å². The Morgan fingerprint density at radius 3 is 2.95 bits per heavy atom. The molecule has 1 atom stereocenters. The predicted octanol–water partition coefficient (Wildman–Crippen LogP) is 2.05. The number of hydrogen-bond acceptors (Lipinski definition) is 8. The van der Waals surface area contributed by atoms with Crippen LogP contribution in [0.4, 0.5) is 5.13 Å². The van der Waals surface area contributed by atoms with Crippen molar-refractivity contribution in [3.63, 3.8) is 0 Å². The second kappa shape index (κ2) is 4.47. The summed E-state index contributed by atoms with van der Waals surface area (Å²) >= 11 is 2.94. The van der Waals surface area contributed by atoms with E-state index in [0.717, 1.165) is 45.8 Å². The summed E-state index contributed by atoms with van der Waals surface area (Å²) in [5.74, 6) is 0.787. The third-order valence-corrected chi connectivity index (χ3v) is 5.28. The van der Waals surface area contributed by atoms with Gasteiger partial charge in [0.2, 0.25) is 4.96 Å². The quantitative estimate of drug-likeness (QED) is 0.779. The van der Waals surface area contributed by atoms with Gasteiger partial charge < -0.3 is 10.5 Å². The maximum absolute atomic E-state index is 5.75. The third kappa shape index (κ3) is 1.81. The summed E-state index contributed by atoms with van der Waals surface area (Å²) in [5.41, 5.74) is 6.64. The molecule has 0 saturated carbocycles. The van der Waals surface area contributed by atoms with Crippen molar-refractivity contribution in [2.75, 3.05) is 12.3 Å². The van der Waals surface area contributed by atoms with Gasteiger partial charge in [-0.15, -0.1) is 10.2 Å². The Hall–Kier alpha value is -1.58. The van der Waals surface area contributed by atoms with Gasteiger partial charge in [0.15, 0.2) is 16.0 Å². The molecule has 3 aromatic rings. The molecule has 0 aromatic carbocycles. The van der Waals surface area contributed by atoms with Crippen LogP contribution >= 0.6 is 22.7 Å². The van der Waals surface area contributed by atoms with E-state index in [1.165, 1.54) is 22.7 Å².